The van der Waals surface area contributed by atoms with Gasteiger partial charge in [0, 0.05) is 21.9 Å². The molecule has 0 bridgehead atoms. The van der Waals surface area contributed by atoms with Crippen molar-refractivity contribution in [3.8, 4) is 28.7 Å². The first-order valence-electron chi connectivity index (χ1n) is 10.7. The fourth-order valence-electron chi connectivity index (χ4n) is 4.31. The Kier molecular flexibility index (Phi) is 4.29. The van der Waals surface area contributed by atoms with Crippen LogP contribution in [-0.2, 0) is 0 Å². The molecule has 0 N–H and O–H groups in total. The van der Waals surface area contributed by atoms with Crippen molar-refractivity contribution in [2.75, 3.05) is 0 Å². The van der Waals surface area contributed by atoms with Crippen molar-refractivity contribution < 1.29 is 0 Å². The van der Waals surface area contributed by atoms with Crippen LogP contribution < -0.4 is 0 Å². The Labute approximate surface area is 185 Å². The Bertz CT molecular complexity index is 1510. The number of nitrogens with zero attached hydrogens (tertiary/aromatic N) is 4. The average Bonchev–Trinajstić information content (AvgIpc) is 3.20. The highest BCUT2D eigenvalue weighted by Gasteiger charge is 2.18. The molecule has 6 rings (SSSR count). The second kappa shape index (κ2) is 7.43. The highest BCUT2D eigenvalue weighted by molar-refractivity contribution is 6.10. The third-order valence-electron chi connectivity index (χ3n) is 5.79. The third-order valence-corrected chi connectivity index (χ3v) is 5.79. The second-order valence-corrected chi connectivity index (χ2v) is 7.84. The molecule has 32 heavy (non-hydrogen) atoms. The van der Waals surface area contributed by atoms with Gasteiger partial charge in [-0.15, -0.1) is 0 Å². The molecule has 152 valence electrons. The van der Waals surface area contributed by atoms with Crippen LogP contribution in [0.3, 0.4) is 0 Å². The molecule has 0 amide bonds. The molecule has 4 aromatic carbocycles. The smallest absolute Gasteiger partial charge is 0.238 e. The Balaban J connectivity index is 1.71. The Hall–Kier alpha value is -4.31. The summed E-state index contributed by atoms with van der Waals surface area (Å²) in [4.78, 5) is 14.7. The van der Waals surface area contributed by atoms with E-state index in [2.05, 4.69) is 54.0 Å². The van der Waals surface area contributed by atoms with E-state index in [1.165, 1.54) is 16.3 Å². The van der Waals surface area contributed by atoms with Crippen molar-refractivity contribution >= 4 is 21.8 Å². The number of aryl methyl sites for hydroxylation is 1. The van der Waals surface area contributed by atoms with E-state index in [1.54, 1.807) is 0 Å². The van der Waals surface area contributed by atoms with Crippen molar-refractivity contribution in [2.24, 2.45) is 0 Å². The molecule has 6 aromatic rings. The lowest BCUT2D eigenvalue weighted by Crippen LogP contribution is -2.06. The van der Waals surface area contributed by atoms with Crippen LogP contribution in [0.2, 0.25) is 0 Å². The van der Waals surface area contributed by atoms with Crippen molar-refractivity contribution in [3.63, 3.8) is 0 Å². The molecule has 2 heterocycles. The predicted octanol–water partition coefficient (Wildman–Crippen LogP) is 6.61. The van der Waals surface area contributed by atoms with Crippen LogP contribution in [-0.4, -0.2) is 19.5 Å². The van der Waals surface area contributed by atoms with Gasteiger partial charge >= 0.3 is 0 Å². The molecule has 0 spiro atoms. The summed E-state index contributed by atoms with van der Waals surface area (Å²) >= 11 is 0. The molecule has 0 fully saturated rings. The molecule has 0 unspecified atom stereocenters. The van der Waals surface area contributed by atoms with E-state index in [4.69, 9.17) is 15.0 Å². The first-order chi connectivity index (χ1) is 15.8. The van der Waals surface area contributed by atoms with Gasteiger partial charge in [0.15, 0.2) is 11.6 Å². The average molecular weight is 412 g/mol. The summed E-state index contributed by atoms with van der Waals surface area (Å²) < 4.78 is 2.15. The van der Waals surface area contributed by atoms with Crippen LogP contribution in [0.15, 0.2) is 103 Å². The predicted molar refractivity (Wildman–Crippen MR) is 130 cm³/mol. The zero-order valence-electron chi connectivity index (χ0n) is 17.6. The molecule has 0 radical (unpaired) electrons. The molecule has 0 saturated carbocycles. The van der Waals surface area contributed by atoms with Crippen molar-refractivity contribution in [2.45, 2.75) is 6.92 Å². The Morgan fingerprint density at radius 2 is 1.09 bits per heavy atom. The van der Waals surface area contributed by atoms with Crippen LogP contribution in [0.25, 0.3) is 50.5 Å². The standard InChI is InChI=1S/C28H20N4/c1-19-11-10-18-24-25(19)22-16-8-9-17-23(22)32(24)28-30-26(20-12-4-2-5-13-20)29-27(31-28)21-14-6-3-7-15-21/h2-18H,1H3. The summed E-state index contributed by atoms with van der Waals surface area (Å²) in [5.41, 5.74) is 5.34. The van der Waals surface area contributed by atoms with E-state index in [0.717, 1.165) is 22.2 Å². The SMILES string of the molecule is Cc1cccc2c1c1ccccc1n2-c1nc(-c2ccccc2)nc(-c2ccccc2)n1. The number of benzene rings is 4. The fraction of sp³-hybridized carbons (Fsp3) is 0.0357. The number of aromatic nitrogens is 4. The highest BCUT2D eigenvalue weighted by atomic mass is 15.2. The zero-order chi connectivity index (χ0) is 21.5. The van der Waals surface area contributed by atoms with Gasteiger partial charge in [-0.3, -0.25) is 4.57 Å². The summed E-state index contributed by atoms with van der Waals surface area (Å²) in [5.74, 6) is 1.94. The van der Waals surface area contributed by atoms with Gasteiger partial charge in [-0.25, -0.2) is 4.98 Å². The Morgan fingerprint density at radius 3 is 1.75 bits per heavy atom. The van der Waals surface area contributed by atoms with Gasteiger partial charge in [-0.1, -0.05) is 91.0 Å². The molecule has 4 nitrogen and oxygen atoms in total. The van der Waals surface area contributed by atoms with E-state index < -0.39 is 0 Å². The molecule has 4 heteroatoms. The fourth-order valence-corrected chi connectivity index (χ4v) is 4.31. The van der Waals surface area contributed by atoms with E-state index >= 15 is 0 Å². The van der Waals surface area contributed by atoms with E-state index in [-0.39, 0.29) is 0 Å². The lowest BCUT2D eigenvalue weighted by Gasteiger charge is -2.10. The second-order valence-electron chi connectivity index (χ2n) is 7.84. The monoisotopic (exact) mass is 412 g/mol. The van der Waals surface area contributed by atoms with Gasteiger partial charge < -0.3 is 0 Å². The van der Waals surface area contributed by atoms with Gasteiger partial charge in [0.05, 0.1) is 11.0 Å². The molecule has 0 aliphatic heterocycles. The Morgan fingerprint density at radius 1 is 0.531 bits per heavy atom. The molecule has 0 saturated heterocycles. The van der Waals surface area contributed by atoms with E-state index in [0.29, 0.717) is 17.6 Å². The molecule has 0 aliphatic rings. The quantitative estimate of drug-likeness (QED) is 0.328. The largest absolute Gasteiger partial charge is 0.278 e. The normalized spacial score (nSPS) is 11.3. The van der Waals surface area contributed by atoms with Crippen molar-refractivity contribution in [3.05, 3.63) is 109 Å². The molecule has 0 atom stereocenters. The lowest BCUT2D eigenvalue weighted by molar-refractivity contribution is 0.953. The summed E-state index contributed by atoms with van der Waals surface area (Å²) in [6, 6.07) is 35.0. The minimum atomic E-state index is 0.620. The van der Waals surface area contributed by atoms with Gasteiger partial charge in [-0.2, -0.15) is 9.97 Å². The summed E-state index contributed by atoms with van der Waals surface area (Å²) in [5, 5.41) is 2.43. The van der Waals surface area contributed by atoms with Gasteiger partial charge in [0.25, 0.3) is 0 Å². The molecular weight excluding hydrogens is 392 g/mol. The number of rotatable bonds is 3. The van der Waals surface area contributed by atoms with Crippen LogP contribution in [0.5, 0.6) is 0 Å². The zero-order valence-corrected chi connectivity index (χ0v) is 17.6. The third kappa shape index (κ3) is 2.96. The minimum Gasteiger partial charge on any atom is -0.278 e. The topological polar surface area (TPSA) is 43.6 Å². The number of hydrogen-bond acceptors (Lipinski definition) is 3. The van der Waals surface area contributed by atoms with Crippen LogP contribution in [0, 0.1) is 6.92 Å². The van der Waals surface area contributed by atoms with Crippen LogP contribution in [0.4, 0.5) is 0 Å². The summed E-state index contributed by atoms with van der Waals surface area (Å²) in [7, 11) is 0. The first kappa shape index (κ1) is 18.5. The minimum absolute atomic E-state index is 0.620. The van der Waals surface area contributed by atoms with Crippen molar-refractivity contribution in [1.82, 2.24) is 19.5 Å². The van der Waals surface area contributed by atoms with Crippen LogP contribution in [0.1, 0.15) is 5.56 Å². The van der Waals surface area contributed by atoms with Crippen molar-refractivity contribution in [1.29, 1.82) is 0 Å². The number of hydrogen-bond donors (Lipinski definition) is 0. The van der Waals surface area contributed by atoms with Gasteiger partial charge in [0.2, 0.25) is 5.95 Å². The molecular formula is C28H20N4. The van der Waals surface area contributed by atoms with Gasteiger partial charge in [-0.05, 0) is 24.6 Å². The maximum absolute atomic E-state index is 4.94. The van der Waals surface area contributed by atoms with E-state index in [9.17, 15) is 0 Å². The number of para-hydroxylation sites is 1. The lowest BCUT2D eigenvalue weighted by atomic mass is 10.1. The maximum atomic E-state index is 4.94. The summed E-state index contributed by atoms with van der Waals surface area (Å²) in [6.45, 7) is 2.15. The number of fused-ring (bicyclic) bond motifs is 3. The summed E-state index contributed by atoms with van der Waals surface area (Å²) in [6.07, 6.45) is 0. The first-order valence-corrected chi connectivity index (χ1v) is 10.7. The van der Waals surface area contributed by atoms with Gasteiger partial charge in [0.1, 0.15) is 0 Å². The van der Waals surface area contributed by atoms with Crippen LogP contribution >= 0.6 is 0 Å². The molecule has 0 aliphatic carbocycles. The maximum Gasteiger partial charge on any atom is 0.238 e. The van der Waals surface area contributed by atoms with E-state index in [1.807, 2.05) is 60.7 Å². The highest BCUT2D eigenvalue weighted by Crippen LogP contribution is 2.33. The molecule has 2 aromatic heterocycles.